The third-order valence-corrected chi connectivity index (χ3v) is 4.67. The Hall–Kier alpha value is -3.48. The fourth-order valence-electron chi connectivity index (χ4n) is 3.05. The number of amides is 2. The van der Waals surface area contributed by atoms with E-state index in [1.165, 1.54) is 14.2 Å². The number of benzene rings is 2. The summed E-state index contributed by atoms with van der Waals surface area (Å²) in [6.07, 6.45) is 1.84. The predicted octanol–water partition coefficient (Wildman–Crippen LogP) is 3.58. The molecule has 3 rings (SSSR count). The van der Waals surface area contributed by atoms with E-state index in [9.17, 15) is 9.59 Å². The number of rotatable bonds is 7. The van der Waals surface area contributed by atoms with E-state index in [1.807, 2.05) is 44.3 Å². The van der Waals surface area contributed by atoms with Gasteiger partial charge in [-0.15, -0.1) is 0 Å². The SMILES string of the molecule is COc1cc(OC)cc(C(=O)NC(C(=O)Nc2ccc3[nH]ccc3c2)C(C)C)c1. The molecule has 0 fully saturated rings. The maximum atomic E-state index is 12.9. The smallest absolute Gasteiger partial charge is 0.252 e. The quantitative estimate of drug-likeness (QED) is 0.570. The molecule has 0 radical (unpaired) electrons. The second kappa shape index (κ2) is 8.68. The Morgan fingerprint density at radius 3 is 2.28 bits per heavy atom. The zero-order valence-electron chi connectivity index (χ0n) is 16.9. The van der Waals surface area contributed by atoms with Gasteiger partial charge in [-0.2, -0.15) is 0 Å². The molecule has 1 aromatic heterocycles. The highest BCUT2D eigenvalue weighted by Gasteiger charge is 2.25. The molecule has 0 aliphatic heterocycles. The molecule has 0 aliphatic rings. The number of aromatic amines is 1. The summed E-state index contributed by atoms with van der Waals surface area (Å²) in [6.45, 7) is 3.76. The van der Waals surface area contributed by atoms with Gasteiger partial charge in [-0.3, -0.25) is 9.59 Å². The third-order valence-electron chi connectivity index (χ3n) is 4.67. The van der Waals surface area contributed by atoms with Crippen molar-refractivity contribution >= 4 is 28.4 Å². The van der Waals surface area contributed by atoms with Crippen LogP contribution in [0.1, 0.15) is 24.2 Å². The molecule has 3 aromatic rings. The number of ether oxygens (including phenoxy) is 2. The number of H-pyrrole nitrogens is 1. The summed E-state index contributed by atoms with van der Waals surface area (Å²) in [5.74, 6) is 0.234. The first-order chi connectivity index (χ1) is 13.9. The second-order valence-corrected chi connectivity index (χ2v) is 7.07. The molecule has 1 heterocycles. The lowest BCUT2D eigenvalue weighted by molar-refractivity contribution is -0.118. The van der Waals surface area contributed by atoms with Gasteiger partial charge in [0.25, 0.3) is 5.91 Å². The Morgan fingerprint density at radius 2 is 1.66 bits per heavy atom. The van der Waals surface area contributed by atoms with Crippen LogP contribution in [-0.2, 0) is 4.79 Å². The van der Waals surface area contributed by atoms with Crippen LogP contribution in [0.2, 0.25) is 0 Å². The van der Waals surface area contributed by atoms with Crippen LogP contribution in [0.15, 0.2) is 48.7 Å². The average Bonchev–Trinajstić information content (AvgIpc) is 3.18. The first-order valence-electron chi connectivity index (χ1n) is 9.33. The fourth-order valence-corrected chi connectivity index (χ4v) is 3.05. The Labute approximate surface area is 169 Å². The topological polar surface area (TPSA) is 92.4 Å². The van der Waals surface area contributed by atoms with Crippen LogP contribution in [-0.4, -0.2) is 37.1 Å². The maximum Gasteiger partial charge on any atom is 0.252 e. The standard InChI is InChI=1S/C22H25N3O4/c1-13(2)20(22(27)24-16-5-6-19-14(9-16)7-8-23-19)25-21(26)15-10-17(28-3)12-18(11-15)29-4/h5-13,20,23H,1-4H3,(H,24,27)(H,25,26). The normalized spacial score (nSPS) is 11.9. The van der Waals surface area contributed by atoms with Gasteiger partial charge in [0.2, 0.25) is 5.91 Å². The summed E-state index contributed by atoms with van der Waals surface area (Å²) < 4.78 is 10.4. The first-order valence-corrected chi connectivity index (χ1v) is 9.33. The minimum absolute atomic E-state index is 0.109. The van der Waals surface area contributed by atoms with Gasteiger partial charge in [0.15, 0.2) is 0 Å². The molecule has 0 saturated heterocycles. The van der Waals surface area contributed by atoms with Crippen LogP contribution in [0.25, 0.3) is 10.9 Å². The van der Waals surface area contributed by atoms with Gasteiger partial charge >= 0.3 is 0 Å². The lowest BCUT2D eigenvalue weighted by atomic mass is 10.0. The van der Waals surface area contributed by atoms with E-state index in [1.54, 1.807) is 18.2 Å². The molecule has 0 bridgehead atoms. The number of nitrogens with one attached hydrogen (secondary N) is 3. The van der Waals surface area contributed by atoms with Gasteiger partial charge in [0.05, 0.1) is 14.2 Å². The van der Waals surface area contributed by atoms with Crippen molar-refractivity contribution in [2.75, 3.05) is 19.5 Å². The monoisotopic (exact) mass is 395 g/mol. The predicted molar refractivity (Wildman–Crippen MR) is 113 cm³/mol. The van der Waals surface area contributed by atoms with Crippen molar-refractivity contribution in [2.45, 2.75) is 19.9 Å². The van der Waals surface area contributed by atoms with Gasteiger partial charge in [-0.25, -0.2) is 0 Å². The largest absolute Gasteiger partial charge is 0.497 e. The van der Waals surface area contributed by atoms with Crippen LogP contribution in [0.4, 0.5) is 5.69 Å². The average molecular weight is 395 g/mol. The highest BCUT2D eigenvalue weighted by atomic mass is 16.5. The number of hydrogen-bond acceptors (Lipinski definition) is 4. The summed E-state index contributed by atoms with van der Waals surface area (Å²) in [6, 6.07) is 11.7. The summed E-state index contributed by atoms with van der Waals surface area (Å²) in [5, 5.41) is 6.71. The lowest BCUT2D eigenvalue weighted by Gasteiger charge is -2.22. The second-order valence-electron chi connectivity index (χ2n) is 7.07. The maximum absolute atomic E-state index is 12.9. The summed E-state index contributed by atoms with van der Waals surface area (Å²) in [7, 11) is 3.03. The van der Waals surface area contributed by atoms with E-state index in [0.29, 0.717) is 22.7 Å². The molecule has 152 valence electrons. The Bertz CT molecular complexity index is 1000. The molecule has 29 heavy (non-hydrogen) atoms. The van der Waals surface area contributed by atoms with Gasteiger partial charge in [-0.05, 0) is 42.3 Å². The fraction of sp³-hybridized carbons (Fsp3) is 0.273. The van der Waals surface area contributed by atoms with Gasteiger partial charge in [-0.1, -0.05) is 13.8 Å². The minimum atomic E-state index is -0.707. The molecule has 2 amide bonds. The number of carbonyl (C=O) groups is 2. The number of carbonyl (C=O) groups excluding carboxylic acids is 2. The zero-order valence-corrected chi connectivity index (χ0v) is 16.9. The molecule has 1 atom stereocenters. The molecule has 0 spiro atoms. The van der Waals surface area contributed by atoms with Crippen molar-refractivity contribution in [1.82, 2.24) is 10.3 Å². The van der Waals surface area contributed by atoms with Crippen molar-refractivity contribution in [2.24, 2.45) is 5.92 Å². The third kappa shape index (κ3) is 4.68. The molecule has 1 unspecified atom stereocenters. The molecular weight excluding hydrogens is 370 g/mol. The molecule has 7 nitrogen and oxygen atoms in total. The Morgan fingerprint density at radius 1 is 0.966 bits per heavy atom. The summed E-state index contributed by atoms with van der Waals surface area (Å²) >= 11 is 0. The summed E-state index contributed by atoms with van der Waals surface area (Å²) in [4.78, 5) is 28.8. The van der Waals surface area contributed by atoms with Crippen molar-refractivity contribution in [1.29, 1.82) is 0 Å². The number of methoxy groups -OCH3 is 2. The van der Waals surface area contributed by atoms with E-state index in [-0.39, 0.29) is 17.7 Å². The van der Waals surface area contributed by atoms with Crippen molar-refractivity contribution in [3.05, 3.63) is 54.2 Å². The first kappa shape index (κ1) is 20.3. The number of fused-ring (bicyclic) bond motifs is 1. The van der Waals surface area contributed by atoms with E-state index >= 15 is 0 Å². The van der Waals surface area contributed by atoms with Crippen molar-refractivity contribution in [3.63, 3.8) is 0 Å². The zero-order chi connectivity index (χ0) is 21.0. The highest BCUT2D eigenvalue weighted by Crippen LogP contribution is 2.23. The number of hydrogen-bond donors (Lipinski definition) is 3. The molecule has 0 saturated carbocycles. The minimum Gasteiger partial charge on any atom is -0.497 e. The van der Waals surface area contributed by atoms with Gasteiger partial charge in [0.1, 0.15) is 17.5 Å². The van der Waals surface area contributed by atoms with Crippen LogP contribution >= 0.6 is 0 Å². The van der Waals surface area contributed by atoms with E-state index < -0.39 is 6.04 Å². The van der Waals surface area contributed by atoms with Gasteiger partial charge in [0, 0.05) is 34.4 Å². The van der Waals surface area contributed by atoms with E-state index in [2.05, 4.69) is 15.6 Å². The Kier molecular flexibility index (Phi) is 6.07. The number of aromatic nitrogens is 1. The van der Waals surface area contributed by atoms with Crippen molar-refractivity contribution < 1.29 is 19.1 Å². The summed E-state index contributed by atoms with van der Waals surface area (Å²) in [5.41, 5.74) is 2.02. The van der Waals surface area contributed by atoms with Crippen molar-refractivity contribution in [3.8, 4) is 11.5 Å². The Balaban J connectivity index is 1.76. The highest BCUT2D eigenvalue weighted by molar-refractivity contribution is 6.02. The van der Waals surface area contributed by atoms with Crippen LogP contribution in [0.5, 0.6) is 11.5 Å². The molecule has 7 heteroatoms. The molecule has 3 N–H and O–H groups in total. The molecule has 2 aromatic carbocycles. The molecular formula is C22H25N3O4. The van der Waals surface area contributed by atoms with Crippen LogP contribution in [0, 0.1) is 5.92 Å². The van der Waals surface area contributed by atoms with Crippen LogP contribution < -0.4 is 20.1 Å². The van der Waals surface area contributed by atoms with E-state index in [0.717, 1.165) is 10.9 Å². The van der Waals surface area contributed by atoms with E-state index in [4.69, 9.17) is 9.47 Å². The van der Waals surface area contributed by atoms with Crippen LogP contribution in [0.3, 0.4) is 0 Å². The van der Waals surface area contributed by atoms with Gasteiger partial charge < -0.3 is 25.1 Å². The lowest BCUT2D eigenvalue weighted by Crippen LogP contribution is -2.47. The molecule has 0 aliphatic carbocycles. The number of anilines is 1.